The van der Waals surface area contributed by atoms with Gasteiger partial charge >= 0.3 is 0 Å². The average molecular weight is 390 g/mol. The second-order valence-electron chi connectivity index (χ2n) is 5.75. The molecule has 24 heavy (non-hydrogen) atoms. The Morgan fingerprint density at radius 3 is 2.58 bits per heavy atom. The fourth-order valence-corrected chi connectivity index (χ4v) is 3.66. The van der Waals surface area contributed by atoms with E-state index in [1.165, 1.54) is 0 Å². The van der Waals surface area contributed by atoms with Gasteiger partial charge < -0.3 is 14.4 Å². The maximum Gasteiger partial charge on any atom is 0.255 e. The number of likely N-dealkylation sites (tertiary alicyclic amines) is 1. The van der Waals surface area contributed by atoms with Gasteiger partial charge in [-0.1, -0.05) is 18.2 Å². The number of nitrogens with zero attached hydrogens (tertiary/aromatic N) is 1. The first kappa shape index (κ1) is 16.8. The van der Waals surface area contributed by atoms with Crippen molar-refractivity contribution in [3.63, 3.8) is 0 Å². The molecule has 1 saturated heterocycles. The summed E-state index contributed by atoms with van der Waals surface area (Å²) in [4.78, 5) is 14.9. The molecule has 0 spiro atoms. The van der Waals surface area contributed by atoms with Gasteiger partial charge in [0.2, 0.25) is 0 Å². The monoisotopic (exact) mass is 389 g/mol. The summed E-state index contributed by atoms with van der Waals surface area (Å²) in [6, 6.07) is 13.5. The molecule has 1 fully saturated rings. The predicted octanol–water partition coefficient (Wildman–Crippen LogP) is 4.44. The van der Waals surface area contributed by atoms with E-state index in [-0.39, 0.29) is 11.9 Å². The van der Waals surface area contributed by atoms with Crippen molar-refractivity contribution in [3.05, 3.63) is 58.1 Å². The van der Waals surface area contributed by atoms with Crippen LogP contribution in [0.5, 0.6) is 11.5 Å². The zero-order chi connectivity index (χ0) is 17.1. The van der Waals surface area contributed by atoms with Crippen molar-refractivity contribution in [2.24, 2.45) is 0 Å². The van der Waals surface area contributed by atoms with Crippen LogP contribution in [0.1, 0.15) is 34.8 Å². The van der Waals surface area contributed by atoms with Crippen LogP contribution in [0.4, 0.5) is 0 Å². The van der Waals surface area contributed by atoms with E-state index < -0.39 is 0 Å². The van der Waals surface area contributed by atoms with Gasteiger partial charge in [0, 0.05) is 11.0 Å². The summed E-state index contributed by atoms with van der Waals surface area (Å²) in [5.74, 6) is 1.44. The third-order valence-corrected chi connectivity index (χ3v) is 5.10. The van der Waals surface area contributed by atoms with Crippen LogP contribution >= 0.6 is 15.9 Å². The van der Waals surface area contributed by atoms with Crippen molar-refractivity contribution in [2.45, 2.75) is 18.9 Å². The predicted molar refractivity (Wildman–Crippen MR) is 96.7 cm³/mol. The van der Waals surface area contributed by atoms with Crippen LogP contribution in [0.25, 0.3) is 0 Å². The van der Waals surface area contributed by atoms with Crippen LogP contribution < -0.4 is 9.47 Å². The second-order valence-corrected chi connectivity index (χ2v) is 6.61. The van der Waals surface area contributed by atoms with Gasteiger partial charge in [-0.25, -0.2) is 0 Å². The molecule has 1 heterocycles. The SMILES string of the molecule is COc1ccc(C2CCCN2C(=O)c2ccccc2Br)cc1OC. The van der Waals surface area contributed by atoms with Crippen LogP contribution in [0.15, 0.2) is 46.9 Å². The zero-order valence-corrected chi connectivity index (χ0v) is 15.4. The van der Waals surface area contributed by atoms with Crippen LogP contribution in [0, 0.1) is 0 Å². The van der Waals surface area contributed by atoms with E-state index in [2.05, 4.69) is 15.9 Å². The Morgan fingerprint density at radius 2 is 1.88 bits per heavy atom. The topological polar surface area (TPSA) is 38.8 Å². The summed E-state index contributed by atoms with van der Waals surface area (Å²) in [6.45, 7) is 0.763. The highest BCUT2D eigenvalue weighted by molar-refractivity contribution is 9.10. The van der Waals surface area contributed by atoms with Gasteiger partial charge in [-0.2, -0.15) is 0 Å². The fraction of sp³-hybridized carbons (Fsp3) is 0.316. The van der Waals surface area contributed by atoms with E-state index in [1.54, 1.807) is 14.2 Å². The first-order valence-electron chi connectivity index (χ1n) is 7.93. The number of carbonyl (C=O) groups excluding carboxylic acids is 1. The number of hydrogen-bond donors (Lipinski definition) is 0. The number of rotatable bonds is 4. The Bertz CT molecular complexity index is 747. The Hall–Kier alpha value is -2.01. The second kappa shape index (κ2) is 7.26. The molecular formula is C19H20BrNO3. The van der Waals surface area contributed by atoms with Crippen molar-refractivity contribution in [1.29, 1.82) is 0 Å². The Balaban J connectivity index is 1.91. The van der Waals surface area contributed by atoms with Gasteiger partial charge in [0.25, 0.3) is 5.91 Å². The molecule has 1 aliphatic heterocycles. The fourth-order valence-electron chi connectivity index (χ4n) is 3.21. The third-order valence-electron chi connectivity index (χ3n) is 4.41. The normalized spacial score (nSPS) is 17.0. The highest BCUT2D eigenvalue weighted by Gasteiger charge is 2.31. The smallest absolute Gasteiger partial charge is 0.255 e. The van der Waals surface area contributed by atoms with Gasteiger partial charge in [-0.05, 0) is 58.6 Å². The van der Waals surface area contributed by atoms with Crippen LogP contribution in [0.3, 0.4) is 0 Å². The summed E-state index contributed by atoms with van der Waals surface area (Å²) in [7, 11) is 3.25. The molecule has 1 amide bonds. The maximum atomic E-state index is 13.0. The molecule has 4 nitrogen and oxygen atoms in total. The highest BCUT2D eigenvalue weighted by atomic mass is 79.9. The highest BCUT2D eigenvalue weighted by Crippen LogP contribution is 2.38. The summed E-state index contributed by atoms with van der Waals surface area (Å²) in [6.07, 6.45) is 1.95. The first-order valence-corrected chi connectivity index (χ1v) is 8.72. The van der Waals surface area contributed by atoms with Crippen molar-refractivity contribution in [2.75, 3.05) is 20.8 Å². The Kier molecular flexibility index (Phi) is 5.09. The molecule has 0 radical (unpaired) electrons. The summed E-state index contributed by atoms with van der Waals surface area (Å²) in [5.41, 5.74) is 1.77. The lowest BCUT2D eigenvalue weighted by Crippen LogP contribution is -2.30. The molecule has 0 N–H and O–H groups in total. The summed E-state index contributed by atoms with van der Waals surface area (Å²) >= 11 is 3.48. The maximum absolute atomic E-state index is 13.0. The third kappa shape index (κ3) is 3.13. The van der Waals surface area contributed by atoms with E-state index in [4.69, 9.17) is 9.47 Å². The minimum Gasteiger partial charge on any atom is -0.493 e. The number of amides is 1. The van der Waals surface area contributed by atoms with Crippen LogP contribution in [0.2, 0.25) is 0 Å². The lowest BCUT2D eigenvalue weighted by Gasteiger charge is -2.26. The van der Waals surface area contributed by atoms with E-state index in [0.717, 1.165) is 29.4 Å². The molecule has 3 rings (SSSR count). The Labute approximate surface area is 150 Å². The molecule has 126 valence electrons. The quantitative estimate of drug-likeness (QED) is 0.775. The molecule has 0 bridgehead atoms. The van der Waals surface area contributed by atoms with Crippen molar-refractivity contribution in [3.8, 4) is 11.5 Å². The Morgan fingerprint density at radius 1 is 1.12 bits per heavy atom. The van der Waals surface area contributed by atoms with E-state index >= 15 is 0 Å². The number of carbonyl (C=O) groups is 1. The molecule has 2 aromatic carbocycles. The van der Waals surface area contributed by atoms with Gasteiger partial charge in [0.1, 0.15) is 0 Å². The molecule has 5 heteroatoms. The average Bonchev–Trinajstić information content (AvgIpc) is 3.10. The van der Waals surface area contributed by atoms with Crippen molar-refractivity contribution in [1.82, 2.24) is 4.90 Å². The number of benzene rings is 2. The van der Waals surface area contributed by atoms with Crippen LogP contribution in [-0.4, -0.2) is 31.6 Å². The molecule has 0 aliphatic carbocycles. The number of methoxy groups -OCH3 is 2. The van der Waals surface area contributed by atoms with E-state index in [0.29, 0.717) is 17.1 Å². The number of halogens is 1. The number of ether oxygens (including phenoxy) is 2. The van der Waals surface area contributed by atoms with Gasteiger partial charge in [0.15, 0.2) is 11.5 Å². The van der Waals surface area contributed by atoms with Gasteiger partial charge in [0.05, 0.1) is 25.8 Å². The molecule has 0 saturated carbocycles. The van der Waals surface area contributed by atoms with Crippen LogP contribution in [-0.2, 0) is 0 Å². The molecule has 1 unspecified atom stereocenters. The molecular weight excluding hydrogens is 370 g/mol. The van der Waals surface area contributed by atoms with E-state index in [1.807, 2.05) is 47.4 Å². The van der Waals surface area contributed by atoms with E-state index in [9.17, 15) is 4.79 Å². The van der Waals surface area contributed by atoms with Crippen molar-refractivity contribution >= 4 is 21.8 Å². The largest absolute Gasteiger partial charge is 0.493 e. The minimum atomic E-state index is 0.0553. The lowest BCUT2D eigenvalue weighted by molar-refractivity contribution is 0.0734. The zero-order valence-electron chi connectivity index (χ0n) is 13.8. The lowest BCUT2D eigenvalue weighted by atomic mass is 10.0. The summed E-state index contributed by atoms with van der Waals surface area (Å²) < 4.78 is 11.5. The molecule has 0 aromatic heterocycles. The molecule has 1 atom stereocenters. The standard InChI is InChI=1S/C19H20BrNO3/c1-23-17-10-9-13(12-18(17)24-2)16-8-5-11-21(16)19(22)14-6-3-4-7-15(14)20/h3-4,6-7,9-10,12,16H,5,8,11H2,1-2H3. The number of hydrogen-bond acceptors (Lipinski definition) is 3. The summed E-state index contributed by atoms with van der Waals surface area (Å²) in [5, 5.41) is 0. The first-order chi connectivity index (χ1) is 11.7. The molecule has 1 aliphatic rings. The minimum absolute atomic E-state index is 0.0553. The van der Waals surface area contributed by atoms with Gasteiger partial charge in [-0.15, -0.1) is 0 Å². The van der Waals surface area contributed by atoms with Gasteiger partial charge in [-0.3, -0.25) is 4.79 Å². The molecule has 2 aromatic rings. The van der Waals surface area contributed by atoms with Crippen molar-refractivity contribution < 1.29 is 14.3 Å².